The Balaban J connectivity index is 1.70. The second kappa shape index (κ2) is 6.20. The van der Waals surface area contributed by atoms with Crippen molar-refractivity contribution in [2.24, 2.45) is 0 Å². The van der Waals surface area contributed by atoms with Gasteiger partial charge >= 0.3 is 0 Å². The van der Waals surface area contributed by atoms with E-state index in [1.165, 1.54) is 38.0 Å². The minimum absolute atomic E-state index is 0.405. The molecule has 2 aromatic rings. The summed E-state index contributed by atoms with van der Waals surface area (Å²) < 4.78 is 2.14. The van der Waals surface area contributed by atoms with Crippen LogP contribution in [-0.2, 0) is 0 Å². The summed E-state index contributed by atoms with van der Waals surface area (Å²) in [5.41, 5.74) is 2.41. The van der Waals surface area contributed by atoms with Gasteiger partial charge in [-0.2, -0.15) is 0 Å². The van der Waals surface area contributed by atoms with Gasteiger partial charge in [-0.05, 0) is 57.4 Å². The maximum absolute atomic E-state index is 4.39. The largest absolute Gasteiger partial charge is 0.372 e. The van der Waals surface area contributed by atoms with Gasteiger partial charge in [0.25, 0.3) is 0 Å². The van der Waals surface area contributed by atoms with E-state index in [0.717, 1.165) is 11.6 Å². The lowest BCUT2D eigenvalue weighted by Gasteiger charge is -2.28. The Morgan fingerprint density at radius 2 is 1.76 bits per heavy atom. The minimum atomic E-state index is 0.405. The first-order valence-corrected chi connectivity index (χ1v) is 7.89. The van der Waals surface area contributed by atoms with Gasteiger partial charge in [0, 0.05) is 42.9 Å². The topological polar surface area (TPSA) is 33.1 Å². The van der Waals surface area contributed by atoms with Gasteiger partial charge < -0.3 is 14.8 Å². The van der Waals surface area contributed by atoms with Crippen LogP contribution in [0.5, 0.6) is 0 Å². The quantitative estimate of drug-likeness (QED) is 0.913. The van der Waals surface area contributed by atoms with E-state index in [1.54, 1.807) is 0 Å². The molecule has 0 atom stereocenters. The Bertz CT molecular complexity index is 565. The maximum Gasteiger partial charge on any atom is 0.207 e. The van der Waals surface area contributed by atoms with Crippen LogP contribution in [0, 0.1) is 0 Å². The summed E-state index contributed by atoms with van der Waals surface area (Å²) in [6.45, 7) is 6.69. The van der Waals surface area contributed by atoms with Gasteiger partial charge in [-0.3, -0.25) is 0 Å². The zero-order valence-electron chi connectivity index (χ0n) is 12.9. The Kier molecular flexibility index (Phi) is 4.13. The van der Waals surface area contributed by atoms with Gasteiger partial charge in [0.1, 0.15) is 0 Å². The number of rotatable bonds is 4. The molecule has 3 rings (SSSR count). The van der Waals surface area contributed by atoms with Crippen LogP contribution in [0.25, 0.3) is 0 Å². The van der Waals surface area contributed by atoms with E-state index in [2.05, 4.69) is 57.9 Å². The molecule has 0 saturated carbocycles. The van der Waals surface area contributed by atoms with Crippen LogP contribution in [0.3, 0.4) is 0 Å². The van der Waals surface area contributed by atoms with Crippen LogP contribution >= 0.6 is 0 Å². The van der Waals surface area contributed by atoms with Crippen LogP contribution in [0.15, 0.2) is 36.7 Å². The first kappa shape index (κ1) is 14.0. The van der Waals surface area contributed by atoms with Crippen molar-refractivity contribution in [1.82, 2.24) is 9.55 Å². The molecule has 4 heteroatoms. The molecule has 1 aromatic carbocycles. The van der Waals surface area contributed by atoms with Crippen LogP contribution < -0.4 is 10.2 Å². The molecule has 112 valence electrons. The van der Waals surface area contributed by atoms with E-state index in [4.69, 9.17) is 0 Å². The summed E-state index contributed by atoms with van der Waals surface area (Å²) in [5, 5.41) is 3.40. The lowest BCUT2D eigenvalue weighted by atomic mass is 10.1. The smallest absolute Gasteiger partial charge is 0.207 e. The molecule has 4 nitrogen and oxygen atoms in total. The summed E-state index contributed by atoms with van der Waals surface area (Å²) in [7, 11) is 0. The predicted molar refractivity (Wildman–Crippen MR) is 88.4 cm³/mol. The molecule has 0 radical (unpaired) electrons. The molecular weight excluding hydrogens is 260 g/mol. The Morgan fingerprint density at radius 3 is 2.43 bits per heavy atom. The van der Waals surface area contributed by atoms with E-state index in [1.807, 2.05) is 12.4 Å². The zero-order valence-corrected chi connectivity index (χ0v) is 12.9. The number of piperidine rings is 1. The van der Waals surface area contributed by atoms with Gasteiger partial charge in [-0.25, -0.2) is 4.98 Å². The Labute approximate surface area is 126 Å². The Morgan fingerprint density at radius 1 is 1.05 bits per heavy atom. The average molecular weight is 284 g/mol. The molecule has 21 heavy (non-hydrogen) atoms. The molecule has 0 aliphatic carbocycles. The highest BCUT2D eigenvalue weighted by Gasteiger charge is 2.11. The van der Waals surface area contributed by atoms with Gasteiger partial charge in [-0.1, -0.05) is 0 Å². The summed E-state index contributed by atoms with van der Waals surface area (Å²) in [4.78, 5) is 6.86. The fourth-order valence-electron chi connectivity index (χ4n) is 2.86. The number of hydrogen-bond acceptors (Lipinski definition) is 3. The zero-order chi connectivity index (χ0) is 14.7. The lowest BCUT2D eigenvalue weighted by molar-refractivity contribution is 0.578. The fourth-order valence-corrected chi connectivity index (χ4v) is 2.86. The fraction of sp³-hybridized carbons (Fsp3) is 0.471. The van der Waals surface area contributed by atoms with E-state index in [0.29, 0.717) is 6.04 Å². The number of nitrogens with zero attached hydrogens (tertiary/aromatic N) is 3. The molecule has 1 aliphatic rings. The average Bonchev–Trinajstić information content (AvgIpc) is 2.97. The van der Waals surface area contributed by atoms with Crippen LogP contribution in [0.4, 0.5) is 17.3 Å². The highest BCUT2D eigenvalue weighted by molar-refractivity contribution is 5.59. The second-order valence-corrected chi connectivity index (χ2v) is 5.97. The summed E-state index contributed by atoms with van der Waals surface area (Å²) in [5.74, 6) is 0.899. The third-order valence-corrected chi connectivity index (χ3v) is 4.07. The molecule has 1 fully saturated rings. The highest BCUT2D eigenvalue weighted by atomic mass is 15.2. The highest BCUT2D eigenvalue weighted by Crippen LogP contribution is 2.24. The van der Waals surface area contributed by atoms with Crippen molar-refractivity contribution in [3.8, 4) is 0 Å². The van der Waals surface area contributed by atoms with Crippen molar-refractivity contribution in [3.05, 3.63) is 36.7 Å². The van der Waals surface area contributed by atoms with Gasteiger partial charge in [0.2, 0.25) is 5.95 Å². The lowest BCUT2D eigenvalue weighted by Crippen LogP contribution is -2.29. The third-order valence-electron chi connectivity index (χ3n) is 4.07. The van der Waals surface area contributed by atoms with Crippen molar-refractivity contribution in [2.75, 3.05) is 23.3 Å². The molecule has 2 heterocycles. The SMILES string of the molecule is CC(C)n1ccnc1Nc1ccc(N2CCCCC2)cc1. The molecule has 1 N–H and O–H groups in total. The number of anilines is 3. The minimum Gasteiger partial charge on any atom is -0.372 e. The first-order chi connectivity index (χ1) is 10.2. The molecule has 1 aliphatic heterocycles. The maximum atomic E-state index is 4.39. The summed E-state index contributed by atoms with van der Waals surface area (Å²) in [6, 6.07) is 9.10. The van der Waals surface area contributed by atoms with E-state index in [-0.39, 0.29) is 0 Å². The standard InChI is InChI=1S/C17H24N4/c1-14(2)21-13-10-18-17(21)19-15-6-8-16(9-7-15)20-11-4-3-5-12-20/h6-10,13-14H,3-5,11-12H2,1-2H3,(H,18,19). The Hall–Kier alpha value is -1.97. The van der Waals surface area contributed by atoms with E-state index >= 15 is 0 Å². The number of hydrogen-bond donors (Lipinski definition) is 1. The van der Waals surface area contributed by atoms with E-state index < -0.39 is 0 Å². The van der Waals surface area contributed by atoms with Crippen LogP contribution in [0.1, 0.15) is 39.2 Å². The molecule has 1 aromatic heterocycles. The van der Waals surface area contributed by atoms with Gasteiger partial charge in [0.15, 0.2) is 0 Å². The number of benzene rings is 1. The number of aromatic nitrogens is 2. The second-order valence-electron chi connectivity index (χ2n) is 5.97. The molecule has 0 spiro atoms. The van der Waals surface area contributed by atoms with Crippen LogP contribution in [-0.4, -0.2) is 22.6 Å². The van der Waals surface area contributed by atoms with Crippen molar-refractivity contribution in [1.29, 1.82) is 0 Å². The van der Waals surface area contributed by atoms with Gasteiger partial charge in [-0.15, -0.1) is 0 Å². The van der Waals surface area contributed by atoms with Crippen molar-refractivity contribution in [3.63, 3.8) is 0 Å². The van der Waals surface area contributed by atoms with Crippen molar-refractivity contribution < 1.29 is 0 Å². The summed E-state index contributed by atoms with van der Waals surface area (Å²) >= 11 is 0. The predicted octanol–water partition coefficient (Wildman–Crippen LogP) is 4.20. The molecular formula is C17H24N4. The molecule has 0 unspecified atom stereocenters. The number of nitrogens with one attached hydrogen (secondary N) is 1. The first-order valence-electron chi connectivity index (χ1n) is 7.89. The third kappa shape index (κ3) is 3.20. The summed E-state index contributed by atoms with van der Waals surface area (Å²) in [6.07, 6.45) is 7.84. The van der Waals surface area contributed by atoms with Crippen molar-refractivity contribution >= 4 is 17.3 Å². The molecule has 0 amide bonds. The molecule has 0 bridgehead atoms. The van der Waals surface area contributed by atoms with E-state index in [9.17, 15) is 0 Å². The van der Waals surface area contributed by atoms with Crippen molar-refractivity contribution in [2.45, 2.75) is 39.2 Å². The normalized spacial score (nSPS) is 15.5. The van der Waals surface area contributed by atoms with Crippen LogP contribution in [0.2, 0.25) is 0 Å². The van der Waals surface area contributed by atoms with Gasteiger partial charge in [0.05, 0.1) is 0 Å². The molecule has 1 saturated heterocycles. The number of imidazole rings is 1. The monoisotopic (exact) mass is 284 g/mol.